The lowest BCUT2D eigenvalue weighted by Gasteiger charge is -2.12. The van der Waals surface area contributed by atoms with Crippen LogP contribution >= 0.6 is 11.5 Å². The van der Waals surface area contributed by atoms with Crippen molar-refractivity contribution in [2.24, 2.45) is 0 Å². The minimum atomic E-state index is -0.305. The second-order valence-electron chi connectivity index (χ2n) is 5.66. The molecule has 0 aliphatic carbocycles. The first-order valence-corrected chi connectivity index (χ1v) is 7.31. The van der Waals surface area contributed by atoms with E-state index in [4.69, 9.17) is 0 Å². The van der Waals surface area contributed by atoms with E-state index in [9.17, 15) is 9.59 Å². The van der Waals surface area contributed by atoms with Crippen LogP contribution in [0.1, 0.15) is 33.0 Å². The molecule has 8 heteroatoms. The smallest absolute Gasteiger partial charge is 0.324 e. The van der Waals surface area contributed by atoms with Crippen molar-refractivity contribution in [2.45, 2.75) is 32.6 Å². The molecule has 3 amide bonds. The van der Waals surface area contributed by atoms with Gasteiger partial charge in [0.1, 0.15) is 5.82 Å². The number of hydrogen-bond donors (Lipinski definition) is 2. The molecule has 1 saturated heterocycles. The van der Waals surface area contributed by atoms with E-state index in [1.54, 1.807) is 0 Å². The summed E-state index contributed by atoms with van der Waals surface area (Å²) in [5.41, 5.74) is -0.0590. The number of carbonyl (C=O) groups excluding carboxylic acids is 2. The minimum absolute atomic E-state index is 0.0590. The third-order valence-corrected chi connectivity index (χ3v) is 3.54. The van der Waals surface area contributed by atoms with Gasteiger partial charge in [-0.2, -0.15) is 4.37 Å². The molecule has 0 atom stereocenters. The topological polar surface area (TPSA) is 87.2 Å². The quantitative estimate of drug-likeness (QED) is 0.629. The molecule has 2 heterocycles. The summed E-state index contributed by atoms with van der Waals surface area (Å²) in [5, 5.41) is 6.43. The van der Waals surface area contributed by atoms with Gasteiger partial charge >= 0.3 is 6.03 Å². The summed E-state index contributed by atoms with van der Waals surface area (Å²) in [4.78, 5) is 28.3. The lowest BCUT2D eigenvalue weighted by molar-refractivity contribution is -0.124. The summed E-state index contributed by atoms with van der Waals surface area (Å²) in [6.45, 7) is 7.37. The van der Waals surface area contributed by atoms with E-state index in [1.807, 2.05) is 0 Å². The largest absolute Gasteiger partial charge is 0.360 e. The molecule has 0 saturated carbocycles. The van der Waals surface area contributed by atoms with Crippen LogP contribution in [0.5, 0.6) is 0 Å². The van der Waals surface area contributed by atoms with Gasteiger partial charge in [-0.25, -0.2) is 9.78 Å². The van der Waals surface area contributed by atoms with E-state index in [0.717, 1.165) is 11.0 Å². The fourth-order valence-electron chi connectivity index (χ4n) is 1.71. The number of rotatable bonds is 5. The fraction of sp³-hybridized carbons (Fsp3) is 0.667. The Hall–Kier alpha value is -1.70. The van der Waals surface area contributed by atoms with E-state index < -0.39 is 0 Å². The van der Waals surface area contributed by atoms with Crippen LogP contribution in [0, 0.1) is 0 Å². The standard InChI is InChI=1S/C12H19N5O2S/c1-12(2,3)9-15-10(20-16-9)13-5-4-6-17-8(18)7-14-11(17)19/h4-7H2,1-3H3,(H,14,19)(H,13,15,16). The molecule has 1 fully saturated rings. The first-order chi connectivity index (χ1) is 9.38. The minimum Gasteiger partial charge on any atom is -0.360 e. The van der Waals surface area contributed by atoms with Crippen molar-refractivity contribution in [3.8, 4) is 0 Å². The first-order valence-electron chi connectivity index (χ1n) is 6.54. The Balaban J connectivity index is 1.75. The molecule has 110 valence electrons. The Morgan fingerprint density at radius 1 is 1.40 bits per heavy atom. The number of nitrogens with zero attached hydrogens (tertiary/aromatic N) is 3. The highest BCUT2D eigenvalue weighted by molar-refractivity contribution is 7.09. The highest BCUT2D eigenvalue weighted by Gasteiger charge is 2.27. The number of anilines is 1. The molecule has 0 radical (unpaired) electrons. The Morgan fingerprint density at radius 2 is 2.15 bits per heavy atom. The molecule has 2 rings (SSSR count). The van der Waals surface area contributed by atoms with E-state index >= 15 is 0 Å². The summed E-state index contributed by atoms with van der Waals surface area (Å²) < 4.78 is 4.31. The average molecular weight is 297 g/mol. The number of hydrogen-bond acceptors (Lipinski definition) is 6. The third kappa shape index (κ3) is 3.44. The average Bonchev–Trinajstić information content (AvgIpc) is 2.94. The van der Waals surface area contributed by atoms with Gasteiger partial charge in [0.2, 0.25) is 11.0 Å². The van der Waals surface area contributed by atoms with Gasteiger partial charge in [0, 0.05) is 30.0 Å². The predicted octanol–water partition coefficient (Wildman–Crippen LogP) is 1.19. The van der Waals surface area contributed by atoms with Crippen molar-refractivity contribution in [1.82, 2.24) is 19.6 Å². The molecule has 1 aliphatic rings. The molecule has 0 bridgehead atoms. The molecule has 0 spiro atoms. The highest BCUT2D eigenvalue weighted by atomic mass is 32.1. The second-order valence-corrected chi connectivity index (χ2v) is 6.41. The van der Waals surface area contributed by atoms with Gasteiger partial charge in [-0.05, 0) is 6.42 Å². The summed E-state index contributed by atoms with van der Waals surface area (Å²) in [6.07, 6.45) is 0.684. The van der Waals surface area contributed by atoms with Gasteiger partial charge in [0.15, 0.2) is 0 Å². The van der Waals surface area contributed by atoms with E-state index in [0.29, 0.717) is 19.5 Å². The van der Waals surface area contributed by atoms with Crippen molar-refractivity contribution in [3.05, 3.63) is 5.82 Å². The molecule has 20 heavy (non-hydrogen) atoms. The maximum Gasteiger partial charge on any atom is 0.324 e. The van der Waals surface area contributed by atoms with Crippen LogP contribution in [0.2, 0.25) is 0 Å². The van der Waals surface area contributed by atoms with Gasteiger partial charge in [0.05, 0.1) is 6.54 Å². The Labute approximate surface area is 121 Å². The van der Waals surface area contributed by atoms with Crippen LogP contribution in [-0.4, -0.2) is 45.8 Å². The Bertz CT molecular complexity index is 492. The lowest BCUT2D eigenvalue weighted by Crippen LogP contribution is -2.32. The predicted molar refractivity (Wildman–Crippen MR) is 76.8 cm³/mol. The van der Waals surface area contributed by atoms with E-state index in [-0.39, 0.29) is 23.9 Å². The maximum atomic E-state index is 11.4. The zero-order valence-electron chi connectivity index (χ0n) is 11.9. The van der Waals surface area contributed by atoms with Crippen molar-refractivity contribution < 1.29 is 9.59 Å². The summed E-state index contributed by atoms with van der Waals surface area (Å²) in [7, 11) is 0. The van der Waals surface area contributed by atoms with Crippen LogP contribution < -0.4 is 10.6 Å². The maximum absolute atomic E-state index is 11.4. The molecule has 1 aromatic heterocycles. The highest BCUT2D eigenvalue weighted by Crippen LogP contribution is 2.22. The van der Waals surface area contributed by atoms with Crippen molar-refractivity contribution in [1.29, 1.82) is 0 Å². The molecule has 7 nitrogen and oxygen atoms in total. The molecule has 1 aliphatic heterocycles. The third-order valence-electron chi connectivity index (χ3n) is 2.87. The number of imide groups is 1. The second kappa shape index (κ2) is 5.74. The van der Waals surface area contributed by atoms with Gasteiger partial charge in [0.25, 0.3) is 0 Å². The zero-order valence-corrected chi connectivity index (χ0v) is 12.7. The van der Waals surface area contributed by atoms with Crippen molar-refractivity contribution >= 4 is 28.6 Å². The van der Waals surface area contributed by atoms with Gasteiger partial charge in [-0.3, -0.25) is 9.69 Å². The molecule has 1 aromatic rings. The van der Waals surface area contributed by atoms with Gasteiger partial charge < -0.3 is 10.6 Å². The molecule has 2 N–H and O–H groups in total. The van der Waals surface area contributed by atoms with Crippen molar-refractivity contribution in [3.63, 3.8) is 0 Å². The van der Waals surface area contributed by atoms with Crippen LogP contribution in [-0.2, 0) is 10.2 Å². The van der Waals surface area contributed by atoms with Crippen LogP contribution in [0.25, 0.3) is 0 Å². The molecule has 0 unspecified atom stereocenters. The number of carbonyl (C=O) groups is 2. The SMILES string of the molecule is CC(C)(C)c1nsc(NCCCN2C(=O)CNC2=O)n1. The lowest BCUT2D eigenvalue weighted by atomic mass is 9.96. The number of urea groups is 1. The number of aromatic nitrogens is 2. The van der Waals surface area contributed by atoms with E-state index in [1.165, 1.54) is 16.4 Å². The molecular weight excluding hydrogens is 278 g/mol. The first kappa shape index (κ1) is 14.7. The molecule has 0 aromatic carbocycles. The van der Waals surface area contributed by atoms with Crippen LogP contribution in [0.15, 0.2) is 0 Å². The Morgan fingerprint density at radius 3 is 2.70 bits per heavy atom. The summed E-state index contributed by atoms with van der Waals surface area (Å²) in [6, 6.07) is -0.305. The van der Waals surface area contributed by atoms with Gasteiger partial charge in [-0.15, -0.1) is 0 Å². The van der Waals surface area contributed by atoms with Crippen molar-refractivity contribution in [2.75, 3.05) is 25.0 Å². The number of nitrogens with one attached hydrogen (secondary N) is 2. The Kier molecular flexibility index (Phi) is 4.22. The summed E-state index contributed by atoms with van der Waals surface area (Å²) in [5.74, 6) is 0.653. The van der Waals surface area contributed by atoms with Crippen LogP contribution in [0.4, 0.5) is 9.93 Å². The number of amides is 3. The van der Waals surface area contributed by atoms with Gasteiger partial charge in [-0.1, -0.05) is 20.8 Å². The summed E-state index contributed by atoms with van der Waals surface area (Å²) >= 11 is 1.33. The fourth-order valence-corrected chi connectivity index (χ4v) is 2.50. The molecular formula is C12H19N5O2S. The monoisotopic (exact) mass is 297 g/mol. The zero-order chi connectivity index (χ0) is 14.8. The van der Waals surface area contributed by atoms with E-state index in [2.05, 4.69) is 40.8 Å². The van der Waals surface area contributed by atoms with Crippen LogP contribution in [0.3, 0.4) is 0 Å². The normalized spacial score (nSPS) is 15.7.